The van der Waals surface area contributed by atoms with Crippen LogP contribution in [0.15, 0.2) is 29.3 Å². The Bertz CT molecular complexity index is 285. The van der Waals surface area contributed by atoms with Crippen LogP contribution in [0, 0.1) is 6.92 Å². The van der Waals surface area contributed by atoms with Crippen LogP contribution in [0.25, 0.3) is 0 Å². The molecule has 0 N–H and O–H groups in total. The lowest BCUT2D eigenvalue weighted by Crippen LogP contribution is -1.85. The van der Waals surface area contributed by atoms with E-state index < -0.39 is 0 Å². The monoisotopic (exact) mass is 203 g/mol. The zero-order valence-electron chi connectivity index (χ0n) is 9.87. The van der Waals surface area contributed by atoms with E-state index in [1.807, 2.05) is 6.21 Å². The summed E-state index contributed by atoms with van der Waals surface area (Å²) in [5.41, 5.74) is 2.51. The van der Waals surface area contributed by atoms with Crippen molar-refractivity contribution in [2.24, 2.45) is 4.99 Å². The Labute approximate surface area is 93.2 Å². The van der Waals surface area contributed by atoms with E-state index in [1.165, 1.54) is 36.8 Å². The zero-order chi connectivity index (χ0) is 10.9. The molecule has 1 heteroatoms. The highest BCUT2D eigenvalue weighted by molar-refractivity contribution is 5.79. The van der Waals surface area contributed by atoms with Gasteiger partial charge in [-0.15, -0.1) is 0 Å². The quantitative estimate of drug-likeness (QED) is 0.489. The second kappa shape index (κ2) is 7.22. The highest BCUT2D eigenvalue weighted by Gasteiger charge is 1.87. The van der Waals surface area contributed by atoms with Gasteiger partial charge in [0.25, 0.3) is 0 Å². The molecule has 0 saturated heterocycles. The molecule has 0 saturated carbocycles. The SMILES string of the molecule is CCCCCC/N=C/c1ccc(C)cc1. The largest absolute Gasteiger partial charge is 0.293 e. The molecule has 0 amide bonds. The van der Waals surface area contributed by atoms with E-state index in [0.29, 0.717) is 0 Å². The summed E-state index contributed by atoms with van der Waals surface area (Å²) >= 11 is 0. The molecule has 1 nitrogen and oxygen atoms in total. The lowest BCUT2D eigenvalue weighted by atomic mass is 10.2. The van der Waals surface area contributed by atoms with Crippen molar-refractivity contribution in [3.8, 4) is 0 Å². The molecule has 0 aliphatic carbocycles. The average molecular weight is 203 g/mol. The molecule has 1 rings (SSSR count). The van der Waals surface area contributed by atoms with Gasteiger partial charge in [-0.1, -0.05) is 56.0 Å². The summed E-state index contributed by atoms with van der Waals surface area (Å²) in [6.45, 7) is 5.30. The van der Waals surface area contributed by atoms with Gasteiger partial charge in [0.05, 0.1) is 0 Å². The number of aliphatic imine (C=N–C) groups is 1. The fourth-order valence-electron chi connectivity index (χ4n) is 1.45. The smallest absolute Gasteiger partial charge is 0.0389 e. The van der Waals surface area contributed by atoms with Crippen molar-refractivity contribution < 1.29 is 0 Å². The summed E-state index contributed by atoms with van der Waals surface area (Å²) in [6.07, 6.45) is 7.13. The first-order valence-electron chi connectivity index (χ1n) is 5.89. The molecular weight excluding hydrogens is 182 g/mol. The van der Waals surface area contributed by atoms with Crippen LogP contribution in [-0.4, -0.2) is 12.8 Å². The minimum Gasteiger partial charge on any atom is -0.293 e. The minimum absolute atomic E-state index is 0.966. The van der Waals surface area contributed by atoms with Gasteiger partial charge in [0.15, 0.2) is 0 Å². The Kier molecular flexibility index (Phi) is 5.76. The minimum atomic E-state index is 0.966. The van der Waals surface area contributed by atoms with E-state index in [0.717, 1.165) is 6.54 Å². The van der Waals surface area contributed by atoms with E-state index in [-0.39, 0.29) is 0 Å². The van der Waals surface area contributed by atoms with Gasteiger partial charge in [-0.25, -0.2) is 0 Å². The predicted molar refractivity (Wildman–Crippen MR) is 67.8 cm³/mol. The van der Waals surface area contributed by atoms with Crippen molar-refractivity contribution in [1.82, 2.24) is 0 Å². The highest BCUT2D eigenvalue weighted by Crippen LogP contribution is 2.01. The molecule has 15 heavy (non-hydrogen) atoms. The zero-order valence-corrected chi connectivity index (χ0v) is 9.87. The van der Waals surface area contributed by atoms with Gasteiger partial charge in [0, 0.05) is 12.8 Å². The summed E-state index contributed by atoms with van der Waals surface area (Å²) < 4.78 is 0. The van der Waals surface area contributed by atoms with Crippen molar-refractivity contribution in [3.05, 3.63) is 35.4 Å². The Hall–Kier alpha value is -1.11. The van der Waals surface area contributed by atoms with Gasteiger partial charge in [-0.3, -0.25) is 4.99 Å². The van der Waals surface area contributed by atoms with Gasteiger partial charge in [-0.2, -0.15) is 0 Å². The Morgan fingerprint density at radius 2 is 1.80 bits per heavy atom. The van der Waals surface area contributed by atoms with E-state index in [9.17, 15) is 0 Å². The number of benzene rings is 1. The number of rotatable bonds is 6. The lowest BCUT2D eigenvalue weighted by Gasteiger charge is -1.96. The normalized spacial score (nSPS) is 11.1. The molecule has 0 heterocycles. The molecule has 0 unspecified atom stereocenters. The van der Waals surface area contributed by atoms with Crippen molar-refractivity contribution >= 4 is 6.21 Å². The maximum Gasteiger partial charge on any atom is 0.0389 e. The maximum absolute atomic E-state index is 4.42. The molecule has 82 valence electrons. The van der Waals surface area contributed by atoms with E-state index in [4.69, 9.17) is 0 Å². The van der Waals surface area contributed by atoms with Gasteiger partial charge in [-0.05, 0) is 18.9 Å². The lowest BCUT2D eigenvalue weighted by molar-refractivity contribution is 0.676. The number of nitrogens with zero attached hydrogens (tertiary/aromatic N) is 1. The third-order valence-corrected chi connectivity index (χ3v) is 2.46. The molecule has 1 aromatic rings. The van der Waals surface area contributed by atoms with E-state index in [1.54, 1.807) is 0 Å². The van der Waals surface area contributed by atoms with Crippen LogP contribution in [0.3, 0.4) is 0 Å². The number of unbranched alkanes of at least 4 members (excludes halogenated alkanes) is 3. The number of hydrogen-bond acceptors (Lipinski definition) is 1. The summed E-state index contributed by atoms with van der Waals surface area (Å²) in [5.74, 6) is 0. The Morgan fingerprint density at radius 3 is 2.47 bits per heavy atom. The second-order valence-electron chi connectivity index (χ2n) is 4.01. The third-order valence-electron chi connectivity index (χ3n) is 2.46. The van der Waals surface area contributed by atoms with Crippen LogP contribution in [0.2, 0.25) is 0 Å². The molecule has 0 aromatic heterocycles. The Balaban J connectivity index is 2.23. The summed E-state index contributed by atoms with van der Waals surface area (Å²) in [6, 6.07) is 8.48. The van der Waals surface area contributed by atoms with Gasteiger partial charge < -0.3 is 0 Å². The van der Waals surface area contributed by atoms with E-state index in [2.05, 4.69) is 43.1 Å². The first-order valence-corrected chi connectivity index (χ1v) is 5.89. The van der Waals surface area contributed by atoms with Crippen molar-refractivity contribution in [3.63, 3.8) is 0 Å². The first kappa shape index (κ1) is 12.0. The summed E-state index contributed by atoms with van der Waals surface area (Å²) in [5, 5.41) is 0. The fourth-order valence-corrected chi connectivity index (χ4v) is 1.45. The molecule has 0 fully saturated rings. The van der Waals surface area contributed by atoms with Crippen LogP contribution in [0.4, 0.5) is 0 Å². The van der Waals surface area contributed by atoms with Crippen LogP contribution >= 0.6 is 0 Å². The third kappa shape index (κ3) is 5.36. The molecule has 0 atom stereocenters. The van der Waals surface area contributed by atoms with Crippen LogP contribution in [0.5, 0.6) is 0 Å². The molecular formula is C14H21N. The topological polar surface area (TPSA) is 12.4 Å². The van der Waals surface area contributed by atoms with Crippen molar-refractivity contribution in [2.75, 3.05) is 6.54 Å². The molecule has 0 spiro atoms. The maximum atomic E-state index is 4.42. The highest BCUT2D eigenvalue weighted by atomic mass is 14.7. The first-order chi connectivity index (χ1) is 7.33. The van der Waals surface area contributed by atoms with Gasteiger partial charge in [0.1, 0.15) is 0 Å². The summed E-state index contributed by atoms with van der Waals surface area (Å²) in [7, 11) is 0. The van der Waals surface area contributed by atoms with Crippen molar-refractivity contribution in [2.45, 2.75) is 39.5 Å². The Morgan fingerprint density at radius 1 is 1.07 bits per heavy atom. The van der Waals surface area contributed by atoms with Crippen LogP contribution in [0.1, 0.15) is 43.7 Å². The predicted octanol–water partition coefficient (Wildman–Crippen LogP) is 3.99. The van der Waals surface area contributed by atoms with Crippen molar-refractivity contribution in [1.29, 1.82) is 0 Å². The fraction of sp³-hybridized carbons (Fsp3) is 0.500. The second-order valence-corrected chi connectivity index (χ2v) is 4.01. The molecule has 0 aliphatic heterocycles. The van der Waals surface area contributed by atoms with Crippen LogP contribution in [-0.2, 0) is 0 Å². The molecule has 0 radical (unpaired) electrons. The standard InChI is InChI=1S/C14H21N/c1-3-4-5-6-11-15-12-14-9-7-13(2)8-10-14/h7-10,12H,3-6,11H2,1-2H3/b15-12+. The summed E-state index contributed by atoms with van der Waals surface area (Å²) in [4.78, 5) is 4.42. The van der Waals surface area contributed by atoms with E-state index >= 15 is 0 Å². The molecule has 0 aliphatic rings. The number of aryl methyl sites for hydroxylation is 1. The van der Waals surface area contributed by atoms with Gasteiger partial charge in [0.2, 0.25) is 0 Å². The van der Waals surface area contributed by atoms with Gasteiger partial charge >= 0.3 is 0 Å². The molecule has 0 bridgehead atoms. The average Bonchev–Trinajstić information content (AvgIpc) is 2.26. The molecule has 1 aromatic carbocycles. The number of hydrogen-bond donors (Lipinski definition) is 0. The van der Waals surface area contributed by atoms with Crippen LogP contribution < -0.4 is 0 Å².